The number of carbonyl (C=O) groups is 2. The number of hydrogen-bond donors (Lipinski definition) is 0. The largest absolute Gasteiger partial charge is 0.497 e. The molecule has 0 aromatic heterocycles. The van der Waals surface area contributed by atoms with Gasteiger partial charge >= 0.3 is 0 Å². The SMILES string of the molecule is COc1ccc(CC(=O)N2CCN(C(=O)c3ccc(Br)cc3)CC2)cc1. The first-order chi connectivity index (χ1) is 12.6. The van der Waals surface area contributed by atoms with E-state index < -0.39 is 0 Å². The molecular formula is C20H21BrN2O3. The minimum atomic E-state index is 0.0137. The van der Waals surface area contributed by atoms with Crippen molar-refractivity contribution in [3.63, 3.8) is 0 Å². The minimum Gasteiger partial charge on any atom is -0.497 e. The lowest BCUT2D eigenvalue weighted by Crippen LogP contribution is -2.51. The number of benzene rings is 2. The summed E-state index contributed by atoms with van der Waals surface area (Å²) in [5.74, 6) is 0.881. The van der Waals surface area contributed by atoms with Crippen LogP contribution in [0.25, 0.3) is 0 Å². The molecule has 1 fully saturated rings. The number of carbonyl (C=O) groups excluding carboxylic acids is 2. The fourth-order valence-electron chi connectivity index (χ4n) is 2.96. The van der Waals surface area contributed by atoms with E-state index in [1.165, 1.54) is 0 Å². The molecule has 2 aromatic carbocycles. The highest BCUT2D eigenvalue weighted by Crippen LogP contribution is 2.15. The van der Waals surface area contributed by atoms with Crippen LogP contribution in [0, 0.1) is 0 Å². The van der Waals surface area contributed by atoms with Crippen LogP contribution in [0.1, 0.15) is 15.9 Å². The Balaban J connectivity index is 1.53. The van der Waals surface area contributed by atoms with E-state index in [4.69, 9.17) is 4.74 Å². The Morgan fingerprint density at radius 2 is 1.50 bits per heavy atom. The molecule has 0 bridgehead atoms. The van der Waals surface area contributed by atoms with Crippen LogP contribution in [0.4, 0.5) is 0 Å². The Kier molecular flexibility index (Phi) is 5.93. The number of hydrogen-bond acceptors (Lipinski definition) is 3. The highest BCUT2D eigenvalue weighted by atomic mass is 79.9. The van der Waals surface area contributed by atoms with Crippen LogP contribution < -0.4 is 4.74 Å². The van der Waals surface area contributed by atoms with Crippen LogP contribution in [0.2, 0.25) is 0 Å². The van der Waals surface area contributed by atoms with Crippen LogP contribution in [-0.4, -0.2) is 54.9 Å². The molecule has 1 aliphatic rings. The molecule has 3 rings (SSSR count). The number of piperazine rings is 1. The third-order valence-corrected chi connectivity index (χ3v) is 5.05. The maximum atomic E-state index is 12.5. The molecule has 2 amide bonds. The molecule has 0 atom stereocenters. The summed E-state index contributed by atoms with van der Waals surface area (Å²) in [6.07, 6.45) is 0.366. The second kappa shape index (κ2) is 8.36. The Bertz CT molecular complexity index is 767. The van der Waals surface area contributed by atoms with Crippen LogP contribution >= 0.6 is 15.9 Å². The minimum absolute atomic E-state index is 0.0137. The predicted octanol–water partition coefficient (Wildman–Crippen LogP) is 2.98. The third kappa shape index (κ3) is 4.43. The van der Waals surface area contributed by atoms with Gasteiger partial charge in [0.1, 0.15) is 5.75 Å². The fourth-order valence-corrected chi connectivity index (χ4v) is 3.23. The maximum absolute atomic E-state index is 12.5. The van der Waals surface area contributed by atoms with Gasteiger partial charge in [0.2, 0.25) is 5.91 Å². The lowest BCUT2D eigenvalue weighted by Gasteiger charge is -2.35. The van der Waals surface area contributed by atoms with Gasteiger partial charge < -0.3 is 14.5 Å². The van der Waals surface area contributed by atoms with Crippen molar-refractivity contribution >= 4 is 27.7 Å². The summed E-state index contributed by atoms with van der Waals surface area (Å²) in [5, 5.41) is 0. The summed E-state index contributed by atoms with van der Waals surface area (Å²) < 4.78 is 6.08. The molecule has 0 N–H and O–H groups in total. The molecule has 1 aliphatic heterocycles. The van der Waals surface area contributed by atoms with Crippen molar-refractivity contribution in [2.45, 2.75) is 6.42 Å². The molecule has 136 valence electrons. The Labute approximate surface area is 161 Å². The summed E-state index contributed by atoms with van der Waals surface area (Å²) in [6, 6.07) is 14.9. The van der Waals surface area contributed by atoms with Crippen molar-refractivity contribution in [1.82, 2.24) is 9.80 Å². The summed E-state index contributed by atoms with van der Waals surface area (Å²) in [7, 11) is 1.62. The molecule has 1 heterocycles. The van der Waals surface area contributed by atoms with Crippen LogP contribution in [0.15, 0.2) is 53.0 Å². The molecule has 6 heteroatoms. The van der Waals surface area contributed by atoms with Gasteiger partial charge in [0.25, 0.3) is 5.91 Å². The number of nitrogens with zero attached hydrogens (tertiary/aromatic N) is 2. The highest BCUT2D eigenvalue weighted by molar-refractivity contribution is 9.10. The molecule has 1 saturated heterocycles. The van der Waals surface area contributed by atoms with Crippen molar-refractivity contribution < 1.29 is 14.3 Å². The number of methoxy groups -OCH3 is 1. The average Bonchev–Trinajstić information content (AvgIpc) is 2.69. The van der Waals surface area contributed by atoms with Crippen molar-refractivity contribution in [1.29, 1.82) is 0 Å². The van der Waals surface area contributed by atoms with E-state index >= 15 is 0 Å². The standard InChI is InChI=1S/C20H21BrN2O3/c1-26-18-8-2-15(3-9-18)14-19(24)22-10-12-23(13-11-22)20(25)16-4-6-17(21)7-5-16/h2-9H,10-14H2,1H3. The Morgan fingerprint density at radius 1 is 0.923 bits per heavy atom. The van der Waals surface area contributed by atoms with Gasteiger partial charge in [-0.2, -0.15) is 0 Å². The predicted molar refractivity (Wildman–Crippen MR) is 103 cm³/mol. The molecule has 0 spiro atoms. The van der Waals surface area contributed by atoms with E-state index in [1.54, 1.807) is 12.0 Å². The highest BCUT2D eigenvalue weighted by Gasteiger charge is 2.24. The molecule has 0 radical (unpaired) electrons. The van der Waals surface area contributed by atoms with Gasteiger partial charge in [-0.05, 0) is 42.0 Å². The summed E-state index contributed by atoms with van der Waals surface area (Å²) in [4.78, 5) is 28.7. The first kappa shape index (κ1) is 18.5. The van der Waals surface area contributed by atoms with Crippen molar-refractivity contribution in [2.75, 3.05) is 33.3 Å². The van der Waals surface area contributed by atoms with Gasteiger partial charge in [-0.25, -0.2) is 0 Å². The Hall–Kier alpha value is -2.34. The molecule has 0 unspecified atom stereocenters. The first-order valence-electron chi connectivity index (χ1n) is 8.52. The number of ether oxygens (including phenoxy) is 1. The van der Waals surface area contributed by atoms with Gasteiger partial charge in [0.15, 0.2) is 0 Å². The summed E-state index contributed by atoms with van der Waals surface area (Å²) in [6.45, 7) is 2.25. The van der Waals surface area contributed by atoms with E-state index in [1.807, 2.05) is 53.4 Å². The zero-order valence-corrected chi connectivity index (χ0v) is 16.2. The number of halogens is 1. The average molecular weight is 417 g/mol. The van der Waals surface area contributed by atoms with E-state index in [2.05, 4.69) is 15.9 Å². The fraction of sp³-hybridized carbons (Fsp3) is 0.300. The second-order valence-corrected chi connectivity index (χ2v) is 7.12. The van der Waals surface area contributed by atoms with E-state index in [0.717, 1.165) is 15.8 Å². The van der Waals surface area contributed by atoms with Gasteiger partial charge in [-0.15, -0.1) is 0 Å². The topological polar surface area (TPSA) is 49.9 Å². The third-order valence-electron chi connectivity index (χ3n) is 4.53. The molecular weight excluding hydrogens is 396 g/mol. The lowest BCUT2D eigenvalue weighted by atomic mass is 10.1. The molecule has 5 nitrogen and oxygen atoms in total. The molecule has 0 aliphatic carbocycles. The number of amides is 2. The van der Waals surface area contributed by atoms with Crippen LogP contribution in [0.3, 0.4) is 0 Å². The first-order valence-corrected chi connectivity index (χ1v) is 9.31. The zero-order chi connectivity index (χ0) is 18.5. The maximum Gasteiger partial charge on any atom is 0.253 e. The smallest absolute Gasteiger partial charge is 0.253 e. The molecule has 0 saturated carbocycles. The van der Waals surface area contributed by atoms with Crippen molar-refractivity contribution in [3.05, 3.63) is 64.1 Å². The quantitative estimate of drug-likeness (QED) is 0.769. The van der Waals surface area contributed by atoms with Crippen molar-refractivity contribution in [2.24, 2.45) is 0 Å². The second-order valence-electron chi connectivity index (χ2n) is 6.20. The van der Waals surface area contributed by atoms with Gasteiger partial charge in [0.05, 0.1) is 13.5 Å². The lowest BCUT2D eigenvalue weighted by molar-refractivity contribution is -0.131. The summed E-state index contributed by atoms with van der Waals surface area (Å²) in [5.41, 5.74) is 1.63. The van der Waals surface area contributed by atoms with Crippen molar-refractivity contribution in [3.8, 4) is 5.75 Å². The van der Waals surface area contributed by atoms with Crippen LogP contribution in [-0.2, 0) is 11.2 Å². The van der Waals surface area contributed by atoms with Gasteiger partial charge in [-0.3, -0.25) is 9.59 Å². The Morgan fingerprint density at radius 3 is 2.08 bits per heavy atom. The van der Waals surface area contributed by atoms with E-state index in [9.17, 15) is 9.59 Å². The number of rotatable bonds is 4. The summed E-state index contributed by atoms with van der Waals surface area (Å²) >= 11 is 3.37. The molecule has 26 heavy (non-hydrogen) atoms. The van der Waals surface area contributed by atoms with E-state index in [-0.39, 0.29) is 11.8 Å². The molecule has 2 aromatic rings. The van der Waals surface area contributed by atoms with Gasteiger partial charge in [0, 0.05) is 36.2 Å². The van der Waals surface area contributed by atoms with Gasteiger partial charge in [-0.1, -0.05) is 28.1 Å². The van der Waals surface area contributed by atoms with E-state index in [0.29, 0.717) is 38.2 Å². The van der Waals surface area contributed by atoms with Crippen LogP contribution in [0.5, 0.6) is 5.75 Å². The normalized spacial score (nSPS) is 14.2. The monoisotopic (exact) mass is 416 g/mol. The zero-order valence-electron chi connectivity index (χ0n) is 14.7.